The highest BCUT2D eigenvalue weighted by Crippen LogP contribution is 2.33. The molecule has 0 bridgehead atoms. The van der Waals surface area contributed by atoms with Crippen LogP contribution in [0.5, 0.6) is 5.75 Å². The van der Waals surface area contributed by atoms with Crippen LogP contribution in [0, 0.1) is 0 Å². The molecule has 1 aliphatic rings. The van der Waals surface area contributed by atoms with Crippen LogP contribution in [0.4, 0.5) is 8.78 Å². The third-order valence-electron chi connectivity index (χ3n) is 3.80. The summed E-state index contributed by atoms with van der Waals surface area (Å²) >= 11 is 0. The number of nitrogens with zero attached hydrogens (tertiary/aromatic N) is 3. The van der Waals surface area contributed by atoms with Crippen molar-refractivity contribution in [1.29, 1.82) is 0 Å². The number of rotatable bonds is 5. The van der Waals surface area contributed by atoms with Crippen molar-refractivity contribution in [3.8, 4) is 5.75 Å². The first-order chi connectivity index (χ1) is 11.4. The monoisotopic (exact) mass is 359 g/mol. The fraction of sp³-hybridized carbons (Fsp3) is 0.429. The van der Waals surface area contributed by atoms with Crippen LogP contribution in [0.3, 0.4) is 0 Å². The van der Waals surface area contributed by atoms with Gasteiger partial charge in [-0.2, -0.15) is 13.8 Å². The SMILES string of the molecule is CN1CCC(c2nc(Cc3ccccc3OC(F)F)no2)S1(=O)=O. The first-order valence-electron chi connectivity index (χ1n) is 7.18. The number of aromatic nitrogens is 2. The van der Waals surface area contributed by atoms with Gasteiger partial charge >= 0.3 is 6.61 Å². The molecule has 1 atom stereocenters. The summed E-state index contributed by atoms with van der Waals surface area (Å²) < 4.78 is 59.9. The Morgan fingerprint density at radius 2 is 2.17 bits per heavy atom. The molecule has 1 aromatic heterocycles. The molecule has 0 aliphatic carbocycles. The third kappa shape index (κ3) is 3.24. The minimum Gasteiger partial charge on any atom is -0.435 e. The van der Waals surface area contributed by atoms with E-state index in [1.54, 1.807) is 18.2 Å². The van der Waals surface area contributed by atoms with Crippen LogP contribution in [-0.2, 0) is 16.4 Å². The van der Waals surface area contributed by atoms with Crippen LogP contribution in [0.25, 0.3) is 0 Å². The molecule has 24 heavy (non-hydrogen) atoms. The number of hydrogen-bond acceptors (Lipinski definition) is 6. The fourth-order valence-corrected chi connectivity index (χ4v) is 4.09. The first-order valence-corrected chi connectivity index (χ1v) is 8.68. The van der Waals surface area contributed by atoms with E-state index in [1.807, 2.05) is 0 Å². The number of alkyl halides is 2. The predicted molar refractivity (Wildman–Crippen MR) is 79.1 cm³/mol. The second-order valence-electron chi connectivity index (χ2n) is 5.36. The Hall–Kier alpha value is -2.07. The molecule has 130 valence electrons. The molecule has 1 saturated heterocycles. The van der Waals surface area contributed by atoms with E-state index in [1.165, 1.54) is 17.4 Å². The van der Waals surface area contributed by atoms with Crippen molar-refractivity contribution in [2.75, 3.05) is 13.6 Å². The molecular formula is C14H15F2N3O4S. The molecule has 10 heteroatoms. The van der Waals surface area contributed by atoms with Gasteiger partial charge in [-0.05, 0) is 12.5 Å². The molecule has 1 aliphatic heterocycles. The summed E-state index contributed by atoms with van der Waals surface area (Å²) in [6.45, 7) is -2.55. The number of halogens is 2. The van der Waals surface area contributed by atoms with Gasteiger partial charge in [0.05, 0.1) is 0 Å². The molecule has 1 aromatic carbocycles. The van der Waals surface area contributed by atoms with E-state index in [9.17, 15) is 17.2 Å². The number of sulfonamides is 1. The van der Waals surface area contributed by atoms with Gasteiger partial charge in [-0.25, -0.2) is 12.7 Å². The summed E-state index contributed by atoms with van der Waals surface area (Å²) in [6.07, 6.45) is 0.459. The molecule has 0 saturated carbocycles. The molecule has 1 fully saturated rings. The van der Waals surface area contributed by atoms with Crippen LogP contribution >= 0.6 is 0 Å². The quantitative estimate of drug-likeness (QED) is 0.811. The van der Waals surface area contributed by atoms with Crippen molar-refractivity contribution in [2.45, 2.75) is 24.7 Å². The number of benzene rings is 1. The molecular weight excluding hydrogens is 344 g/mol. The lowest BCUT2D eigenvalue weighted by molar-refractivity contribution is -0.0504. The Morgan fingerprint density at radius 3 is 2.83 bits per heavy atom. The Morgan fingerprint density at radius 1 is 1.42 bits per heavy atom. The average molecular weight is 359 g/mol. The maximum atomic E-state index is 12.4. The summed E-state index contributed by atoms with van der Waals surface area (Å²) in [5.74, 6) is 0.244. The zero-order valence-corrected chi connectivity index (χ0v) is 13.5. The smallest absolute Gasteiger partial charge is 0.387 e. The van der Waals surface area contributed by atoms with Gasteiger partial charge < -0.3 is 9.26 Å². The minimum atomic E-state index is -3.49. The highest BCUT2D eigenvalue weighted by molar-refractivity contribution is 7.89. The standard InChI is InChI=1S/C14H15F2N3O4S/c1-19-7-6-11(24(19,20)21)13-17-12(18-23-13)8-9-4-2-3-5-10(9)22-14(15)16/h2-5,11,14H,6-8H2,1H3. The van der Waals surface area contributed by atoms with Gasteiger partial charge in [-0.3, -0.25) is 0 Å². The van der Waals surface area contributed by atoms with E-state index >= 15 is 0 Å². The highest BCUT2D eigenvalue weighted by Gasteiger charge is 2.41. The van der Waals surface area contributed by atoms with Crippen molar-refractivity contribution < 1.29 is 26.5 Å². The Labute approximate surface area is 137 Å². The van der Waals surface area contributed by atoms with Crippen molar-refractivity contribution >= 4 is 10.0 Å². The van der Waals surface area contributed by atoms with Crippen LogP contribution in [0.15, 0.2) is 28.8 Å². The Balaban J connectivity index is 1.81. The number of para-hydroxylation sites is 1. The van der Waals surface area contributed by atoms with E-state index in [2.05, 4.69) is 14.9 Å². The molecule has 2 heterocycles. The second-order valence-corrected chi connectivity index (χ2v) is 7.58. The maximum Gasteiger partial charge on any atom is 0.387 e. The third-order valence-corrected chi connectivity index (χ3v) is 6.00. The molecule has 7 nitrogen and oxygen atoms in total. The molecule has 0 N–H and O–H groups in total. The van der Waals surface area contributed by atoms with Crippen molar-refractivity contribution in [1.82, 2.24) is 14.4 Å². The van der Waals surface area contributed by atoms with Gasteiger partial charge in [-0.15, -0.1) is 0 Å². The Kier molecular flexibility index (Phi) is 4.50. The van der Waals surface area contributed by atoms with Gasteiger partial charge in [0.25, 0.3) is 0 Å². The summed E-state index contributed by atoms with van der Waals surface area (Å²) in [5, 5.41) is 2.89. The predicted octanol–water partition coefficient (Wildman–Crippen LogP) is 1.97. The molecule has 0 radical (unpaired) electrons. The lowest BCUT2D eigenvalue weighted by Crippen LogP contribution is -2.22. The molecule has 3 rings (SSSR count). The van der Waals surface area contributed by atoms with E-state index in [-0.39, 0.29) is 23.9 Å². The molecule has 0 amide bonds. The van der Waals surface area contributed by atoms with Crippen LogP contribution < -0.4 is 4.74 Å². The highest BCUT2D eigenvalue weighted by atomic mass is 32.2. The van der Waals surface area contributed by atoms with E-state index in [0.29, 0.717) is 18.5 Å². The molecule has 2 aromatic rings. The van der Waals surface area contributed by atoms with Crippen molar-refractivity contribution in [3.05, 3.63) is 41.5 Å². The summed E-state index contributed by atoms with van der Waals surface area (Å²) in [6, 6.07) is 6.27. The summed E-state index contributed by atoms with van der Waals surface area (Å²) in [7, 11) is -2.00. The maximum absolute atomic E-state index is 12.4. The lowest BCUT2D eigenvalue weighted by atomic mass is 10.1. The van der Waals surface area contributed by atoms with Gasteiger partial charge in [-0.1, -0.05) is 23.4 Å². The Bertz CT molecular complexity index is 825. The van der Waals surface area contributed by atoms with E-state index < -0.39 is 21.9 Å². The van der Waals surface area contributed by atoms with Gasteiger partial charge in [0.2, 0.25) is 15.9 Å². The van der Waals surface area contributed by atoms with Crippen molar-refractivity contribution in [3.63, 3.8) is 0 Å². The minimum absolute atomic E-state index is 0.0154. The summed E-state index contributed by atoms with van der Waals surface area (Å²) in [5.41, 5.74) is 0.455. The fourth-order valence-electron chi connectivity index (χ4n) is 2.54. The van der Waals surface area contributed by atoms with Crippen LogP contribution in [0.1, 0.15) is 28.9 Å². The largest absolute Gasteiger partial charge is 0.435 e. The number of ether oxygens (including phenoxy) is 1. The average Bonchev–Trinajstić information content (AvgIpc) is 3.06. The van der Waals surface area contributed by atoms with Crippen LogP contribution in [0.2, 0.25) is 0 Å². The zero-order chi connectivity index (χ0) is 17.3. The first kappa shape index (κ1) is 16.8. The van der Waals surface area contributed by atoms with Gasteiger partial charge in [0, 0.05) is 25.6 Å². The van der Waals surface area contributed by atoms with Gasteiger partial charge in [0.1, 0.15) is 5.75 Å². The van der Waals surface area contributed by atoms with Crippen molar-refractivity contribution in [2.24, 2.45) is 0 Å². The van der Waals surface area contributed by atoms with Gasteiger partial charge in [0.15, 0.2) is 11.1 Å². The lowest BCUT2D eigenvalue weighted by Gasteiger charge is -2.09. The second kappa shape index (κ2) is 6.44. The zero-order valence-electron chi connectivity index (χ0n) is 12.7. The van der Waals surface area contributed by atoms with E-state index in [4.69, 9.17) is 4.52 Å². The number of hydrogen-bond donors (Lipinski definition) is 0. The molecule has 1 unspecified atom stereocenters. The van der Waals surface area contributed by atoms with E-state index in [0.717, 1.165) is 0 Å². The normalized spacial score (nSPS) is 20.6. The van der Waals surface area contributed by atoms with Crippen LogP contribution in [-0.4, -0.2) is 43.1 Å². The molecule has 0 spiro atoms. The topological polar surface area (TPSA) is 85.5 Å². The summed E-state index contributed by atoms with van der Waals surface area (Å²) in [4.78, 5) is 4.11.